The molecule has 1 aromatic heterocycles. The summed E-state index contributed by atoms with van der Waals surface area (Å²) in [6.45, 7) is 9.60. The van der Waals surface area contributed by atoms with Crippen molar-refractivity contribution in [3.63, 3.8) is 0 Å². The van der Waals surface area contributed by atoms with Crippen molar-refractivity contribution in [2.75, 3.05) is 34.3 Å². The lowest BCUT2D eigenvalue weighted by Gasteiger charge is -2.29. The lowest BCUT2D eigenvalue weighted by atomic mass is 10.1. The highest BCUT2D eigenvalue weighted by atomic mass is 35.5. The van der Waals surface area contributed by atoms with Gasteiger partial charge in [0.2, 0.25) is 0 Å². The Labute approximate surface area is 189 Å². The van der Waals surface area contributed by atoms with E-state index >= 15 is 0 Å². The standard InChI is InChI=1S/C23H42N3O3.ClH/c1-8-9-10-11-12-13-14-28-21(16-26(5,6)7)15-23(27)29-17-22-20(4)24-18(2)19(3)25-22;/h21H,8-17H2,1-7H3;1H/q+1;/p-1. The van der Waals surface area contributed by atoms with Gasteiger partial charge >= 0.3 is 5.97 Å². The van der Waals surface area contributed by atoms with E-state index in [1.165, 1.54) is 32.1 Å². The van der Waals surface area contributed by atoms with E-state index in [2.05, 4.69) is 38.0 Å². The molecule has 0 aliphatic rings. The number of rotatable bonds is 14. The van der Waals surface area contributed by atoms with Crippen LogP contribution in [0.5, 0.6) is 0 Å². The molecule has 1 atom stereocenters. The number of carbonyl (C=O) groups excluding carboxylic acids is 1. The van der Waals surface area contributed by atoms with Crippen LogP contribution in [0.1, 0.15) is 74.6 Å². The summed E-state index contributed by atoms with van der Waals surface area (Å²) >= 11 is 0. The van der Waals surface area contributed by atoms with Gasteiger partial charge in [0.15, 0.2) is 0 Å². The Bertz CT molecular complexity index is 633. The van der Waals surface area contributed by atoms with Gasteiger partial charge in [-0.15, -0.1) is 0 Å². The van der Waals surface area contributed by atoms with E-state index in [1.54, 1.807) is 0 Å². The second-order valence-corrected chi connectivity index (χ2v) is 9.02. The summed E-state index contributed by atoms with van der Waals surface area (Å²) in [6, 6.07) is 0. The highest BCUT2D eigenvalue weighted by Gasteiger charge is 2.23. The van der Waals surface area contributed by atoms with Gasteiger partial charge in [-0.2, -0.15) is 0 Å². The topological polar surface area (TPSA) is 61.3 Å². The van der Waals surface area contributed by atoms with Gasteiger partial charge in [-0.3, -0.25) is 14.8 Å². The number of esters is 1. The summed E-state index contributed by atoms with van der Waals surface area (Å²) in [5.41, 5.74) is 3.30. The molecule has 0 radical (unpaired) electrons. The Kier molecular flexibility index (Phi) is 14.1. The van der Waals surface area contributed by atoms with Gasteiger partial charge < -0.3 is 26.4 Å². The molecule has 0 aliphatic carbocycles. The molecule has 0 aliphatic heterocycles. The van der Waals surface area contributed by atoms with Crippen LogP contribution in [0.15, 0.2) is 0 Å². The van der Waals surface area contributed by atoms with Gasteiger partial charge in [0.25, 0.3) is 0 Å². The molecule has 1 heterocycles. The average molecular weight is 444 g/mol. The maximum atomic E-state index is 12.4. The summed E-state index contributed by atoms with van der Waals surface area (Å²) in [6.07, 6.45) is 7.49. The molecular formula is C23H42ClN3O3. The van der Waals surface area contributed by atoms with Crippen molar-refractivity contribution >= 4 is 5.97 Å². The van der Waals surface area contributed by atoms with E-state index in [0.29, 0.717) is 6.61 Å². The molecule has 0 saturated carbocycles. The van der Waals surface area contributed by atoms with Gasteiger partial charge in [-0.1, -0.05) is 39.0 Å². The maximum Gasteiger partial charge on any atom is 0.309 e. The van der Waals surface area contributed by atoms with E-state index in [9.17, 15) is 4.79 Å². The number of halogens is 1. The van der Waals surface area contributed by atoms with Crippen LogP contribution in [-0.2, 0) is 20.9 Å². The smallest absolute Gasteiger partial charge is 0.309 e. The molecule has 0 aromatic carbocycles. The van der Waals surface area contributed by atoms with Crippen molar-refractivity contribution in [2.45, 2.75) is 85.4 Å². The number of nitrogens with zero attached hydrogens (tertiary/aromatic N) is 3. The molecule has 0 amide bonds. The molecule has 0 N–H and O–H groups in total. The Morgan fingerprint density at radius 3 is 2.17 bits per heavy atom. The zero-order chi connectivity index (χ0) is 21.9. The highest BCUT2D eigenvalue weighted by molar-refractivity contribution is 5.70. The monoisotopic (exact) mass is 443 g/mol. The summed E-state index contributed by atoms with van der Waals surface area (Å²) < 4.78 is 12.3. The van der Waals surface area contributed by atoms with Crippen molar-refractivity contribution in [3.05, 3.63) is 22.8 Å². The maximum absolute atomic E-state index is 12.4. The number of hydrogen-bond acceptors (Lipinski definition) is 5. The molecule has 1 aromatic rings. The predicted octanol–water partition coefficient (Wildman–Crippen LogP) is 1.29. The number of aryl methyl sites for hydroxylation is 3. The minimum absolute atomic E-state index is 0. The van der Waals surface area contributed by atoms with E-state index in [0.717, 1.165) is 40.2 Å². The fourth-order valence-electron chi connectivity index (χ4n) is 3.21. The van der Waals surface area contributed by atoms with Crippen molar-refractivity contribution in [1.29, 1.82) is 0 Å². The normalized spacial score (nSPS) is 12.4. The Balaban J connectivity index is 0.00000841. The second kappa shape index (κ2) is 14.7. The number of carbonyl (C=O) groups is 1. The number of quaternary nitrogens is 1. The summed E-state index contributed by atoms with van der Waals surface area (Å²) in [7, 11) is 6.33. The van der Waals surface area contributed by atoms with Crippen LogP contribution in [0.2, 0.25) is 0 Å². The van der Waals surface area contributed by atoms with Gasteiger partial charge in [-0.05, 0) is 27.2 Å². The summed E-state index contributed by atoms with van der Waals surface area (Å²) in [5.74, 6) is -0.245. The third-order valence-electron chi connectivity index (χ3n) is 4.95. The van der Waals surface area contributed by atoms with Gasteiger partial charge in [0.1, 0.15) is 19.3 Å². The lowest BCUT2D eigenvalue weighted by molar-refractivity contribution is -0.873. The lowest BCUT2D eigenvalue weighted by Crippen LogP contribution is -3.00. The van der Waals surface area contributed by atoms with E-state index in [4.69, 9.17) is 9.47 Å². The van der Waals surface area contributed by atoms with Crippen LogP contribution in [-0.4, -0.2) is 60.8 Å². The average Bonchev–Trinajstić information content (AvgIpc) is 2.61. The zero-order valence-corrected chi connectivity index (χ0v) is 20.8. The highest BCUT2D eigenvalue weighted by Crippen LogP contribution is 2.12. The number of hydrogen-bond donors (Lipinski definition) is 0. The molecule has 30 heavy (non-hydrogen) atoms. The first-order chi connectivity index (χ1) is 13.6. The molecule has 174 valence electrons. The molecule has 6 nitrogen and oxygen atoms in total. The Hall–Kier alpha value is -1.24. The van der Waals surface area contributed by atoms with E-state index in [-0.39, 0.29) is 37.5 Å². The van der Waals surface area contributed by atoms with Crippen molar-refractivity contribution in [1.82, 2.24) is 9.97 Å². The summed E-state index contributed by atoms with van der Waals surface area (Å²) in [5, 5.41) is 0. The first-order valence-corrected chi connectivity index (χ1v) is 11.0. The fraction of sp³-hybridized carbons (Fsp3) is 0.783. The number of likely N-dealkylation sites (N-methyl/N-ethyl adjacent to an activating group) is 1. The van der Waals surface area contributed by atoms with Gasteiger partial charge in [0.05, 0.1) is 50.3 Å². The molecule has 0 spiro atoms. The molecule has 7 heteroatoms. The van der Waals surface area contributed by atoms with Gasteiger partial charge in [0, 0.05) is 6.61 Å². The fourth-order valence-corrected chi connectivity index (χ4v) is 3.21. The van der Waals surface area contributed by atoms with Gasteiger partial charge in [-0.25, -0.2) is 0 Å². The van der Waals surface area contributed by atoms with Crippen molar-refractivity contribution in [2.24, 2.45) is 0 Å². The second-order valence-electron chi connectivity index (χ2n) is 9.02. The molecule has 0 fully saturated rings. The van der Waals surface area contributed by atoms with Crippen LogP contribution in [0.4, 0.5) is 0 Å². The first kappa shape index (κ1) is 28.8. The minimum atomic E-state index is -0.245. The van der Waals surface area contributed by atoms with Crippen LogP contribution >= 0.6 is 0 Å². The van der Waals surface area contributed by atoms with E-state index in [1.807, 2.05) is 20.8 Å². The largest absolute Gasteiger partial charge is 1.00 e. The number of ether oxygens (including phenoxy) is 2. The molecule has 1 unspecified atom stereocenters. The zero-order valence-electron chi connectivity index (χ0n) is 20.1. The third-order valence-corrected chi connectivity index (χ3v) is 4.95. The van der Waals surface area contributed by atoms with Crippen LogP contribution in [0.25, 0.3) is 0 Å². The molecule has 1 rings (SSSR count). The quantitative estimate of drug-likeness (QED) is 0.246. The minimum Gasteiger partial charge on any atom is -1.00 e. The van der Waals surface area contributed by atoms with Crippen molar-refractivity contribution in [3.8, 4) is 0 Å². The van der Waals surface area contributed by atoms with Crippen molar-refractivity contribution < 1.29 is 31.2 Å². The van der Waals surface area contributed by atoms with Crippen LogP contribution in [0.3, 0.4) is 0 Å². The third kappa shape index (κ3) is 12.5. The van der Waals surface area contributed by atoms with E-state index < -0.39 is 0 Å². The Morgan fingerprint density at radius 2 is 1.53 bits per heavy atom. The predicted molar refractivity (Wildman–Crippen MR) is 117 cm³/mol. The molecule has 0 bridgehead atoms. The van der Waals surface area contributed by atoms with Crippen LogP contribution < -0.4 is 12.4 Å². The molecule has 0 saturated heterocycles. The number of aromatic nitrogens is 2. The first-order valence-electron chi connectivity index (χ1n) is 11.0. The summed E-state index contributed by atoms with van der Waals surface area (Å²) in [4.78, 5) is 21.4. The van der Waals surface area contributed by atoms with Crippen LogP contribution in [0, 0.1) is 20.8 Å². The number of unbranched alkanes of at least 4 members (excludes halogenated alkanes) is 5. The Morgan fingerprint density at radius 1 is 0.933 bits per heavy atom. The SMILES string of the molecule is CCCCCCCCOC(CC(=O)OCc1nc(C)c(C)nc1C)C[N+](C)(C)C.[Cl-]. The molecular weight excluding hydrogens is 402 g/mol.